The highest BCUT2D eigenvalue weighted by Crippen LogP contribution is 2.45. The van der Waals surface area contributed by atoms with Crippen LogP contribution in [-0.4, -0.2) is 28.3 Å². The van der Waals surface area contributed by atoms with Crippen LogP contribution in [0.15, 0.2) is 0 Å². The van der Waals surface area contributed by atoms with E-state index < -0.39 is 19.3 Å². The van der Waals surface area contributed by atoms with Crippen molar-refractivity contribution in [2.24, 2.45) is 11.8 Å². The fourth-order valence-corrected chi connectivity index (χ4v) is 4.46. The first-order valence-electron chi connectivity index (χ1n) is 6.36. The van der Waals surface area contributed by atoms with E-state index in [1.165, 1.54) is 0 Å². The van der Waals surface area contributed by atoms with E-state index in [1.54, 1.807) is 0 Å². The number of carboxylic acids is 1. The smallest absolute Gasteiger partial charge is 0.307 e. The largest absolute Gasteiger partial charge is 0.481 e. The van der Waals surface area contributed by atoms with E-state index in [9.17, 15) is 14.3 Å². The van der Waals surface area contributed by atoms with Crippen molar-refractivity contribution in [3.63, 3.8) is 0 Å². The fraction of sp³-hybridized carbons (Fsp3) is 0.917. The second-order valence-corrected chi connectivity index (χ2v) is 7.35. The summed E-state index contributed by atoms with van der Waals surface area (Å²) in [5.74, 6) is -1.44. The van der Waals surface area contributed by atoms with Gasteiger partial charge in [-0.25, -0.2) is 0 Å². The molecule has 3 atom stereocenters. The van der Waals surface area contributed by atoms with Gasteiger partial charge in [-0.1, -0.05) is 40.0 Å². The Kier molecular flexibility index (Phi) is 7.73. The van der Waals surface area contributed by atoms with Gasteiger partial charge >= 0.3 is 5.97 Å². The van der Waals surface area contributed by atoms with E-state index in [0.717, 1.165) is 19.3 Å². The van der Waals surface area contributed by atoms with E-state index in [4.69, 9.17) is 5.11 Å². The zero-order valence-electron chi connectivity index (χ0n) is 11.1. The SMILES string of the molecule is CCCC(C)CP(=O)(O)CC(CCC)C(=O)O. The maximum absolute atomic E-state index is 12.0. The van der Waals surface area contributed by atoms with Crippen LogP contribution in [0.1, 0.15) is 46.5 Å². The van der Waals surface area contributed by atoms with Crippen molar-refractivity contribution < 1.29 is 19.4 Å². The highest BCUT2D eigenvalue weighted by Gasteiger charge is 2.29. The van der Waals surface area contributed by atoms with Gasteiger partial charge in [-0.05, 0) is 12.3 Å². The lowest BCUT2D eigenvalue weighted by Crippen LogP contribution is -2.19. The summed E-state index contributed by atoms with van der Waals surface area (Å²) in [5, 5.41) is 8.97. The molecule has 5 heteroatoms. The molecule has 0 aliphatic heterocycles. The Morgan fingerprint density at radius 1 is 1.18 bits per heavy atom. The van der Waals surface area contributed by atoms with E-state index in [1.807, 2.05) is 20.8 Å². The van der Waals surface area contributed by atoms with Gasteiger partial charge in [0.15, 0.2) is 0 Å². The molecule has 0 rings (SSSR count). The summed E-state index contributed by atoms with van der Waals surface area (Å²) in [5.41, 5.74) is 0. The van der Waals surface area contributed by atoms with Crippen LogP contribution in [0.4, 0.5) is 0 Å². The third-order valence-corrected chi connectivity index (χ3v) is 5.08. The van der Waals surface area contributed by atoms with Crippen molar-refractivity contribution in [2.75, 3.05) is 12.3 Å². The molecule has 0 amide bonds. The monoisotopic (exact) mass is 264 g/mol. The average molecular weight is 264 g/mol. The molecule has 0 radical (unpaired) electrons. The quantitative estimate of drug-likeness (QED) is 0.627. The molecule has 102 valence electrons. The zero-order valence-corrected chi connectivity index (χ0v) is 11.9. The van der Waals surface area contributed by atoms with Crippen LogP contribution in [0.25, 0.3) is 0 Å². The third kappa shape index (κ3) is 7.56. The van der Waals surface area contributed by atoms with Crippen LogP contribution in [0.3, 0.4) is 0 Å². The number of hydrogen-bond donors (Lipinski definition) is 2. The van der Waals surface area contributed by atoms with Crippen LogP contribution in [0.2, 0.25) is 0 Å². The van der Waals surface area contributed by atoms with Crippen molar-refractivity contribution in [1.82, 2.24) is 0 Å². The van der Waals surface area contributed by atoms with E-state index in [2.05, 4.69) is 0 Å². The predicted molar refractivity (Wildman–Crippen MR) is 69.7 cm³/mol. The summed E-state index contributed by atoms with van der Waals surface area (Å²) in [6.07, 6.45) is 3.26. The Morgan fingerprint density at radius 3 is 2.12 bits per heavy atom. The van der Waals surface area contributed by atoms with Gasteiger partial charge in [-0.15, -0.1) is 0 Å². The standard InChI is InChI=1S/C12H25O4P/c1-4-6-10(3)8-17(15,16)9-11(7-5-2)12(13)14/h10-11H,4-9H2,1-3H3,(H,13,14)(H,15,16). The van der Waals surface area contributed by atoms with Crippen LogP contribution in [-0.2, 0) is 9.36 Å². The van der Waals surface area contributed by atoms with Crippen LogP contribution in [0, 0.1) is 11.8 Å². The maximum Gasteiger partial charge on any atom is 0.307 e. The van der Waals surface area contributed by atoms with E-state index in [-0.39, 0.29) is 18.2 Å². The summed E-state index contributed by atoms with van der Waals surface area (Å²) in [6.45, 7) is 5.87. The molecule has 4 nitrogen and oxygen atoms in total. The van der Waals surface area contributed by atoms with Gasteiger partial charge in [0.1, 0.15) is 0 Å². The maximum atomic E-state index is 12.0. The molecular formula is C12H25O4P. The zero-order chi connectivity index (χ0) is 13.5. The fourth-order valence-electron chi connectivity index (χ4n) is 2.13. The first-order valence-corrected chi connectivity index (χ1v) is 8.39. The summed E-state index contributed by atoms with van der Waals surface area (Å²) >= 11 is 0. The topological polar surface area (TPSA) is 74.6 Å². The number of aliphatic carboxylic acids is 1. The number of rotatable bonds is 9. The molecule has 0 bridgehead atoms. The number of carbonyl (C=O) groups is 1. The van der Waals surface area contributed by atoms with Gasteiger partial charge in [-0.2, -0.15) is 0 Å². The second-order valence-electron chi connectivity index (χ2n) is 4.93. The van der Waals surface area contributed by atoms with Crippen LogP contribution in [0.5, 0.6) is 0 Å². The van der Waals surface area contributed by atoms with E-state index in [0.29, 0.717) is 6.42 Å². The minimum absolute atomic E-state index is 0.0791. The van der Waals surface area contributed by atoms with Gasteiger partial charge < -0.3 is 10.00 Å². The minimum Gasteiger partial charge on any atom is -0.481 e. The Bertz CT molecular complexity index is 278. The Labute approximate surface area is 104 Å². The lowest BCUT2D eigenvalue weighted by molar-refractivity contribution is -0.141. The molecule has 2 N–H and O–H groups in total. The Hall–Kier alpha value is -0.340. The summed E-state index contributed by atoms with van der Waals surface area (Å²) in [6, 6.07) is 0. The van der Waals surface area contributed by atoms with Crippen molar-refractivity contribution >= 4 is 13.3 Å². The summed E-state index contributed by atoms with van der Waals surface area (Å²) in [4.78, 5) is 20.8. The first-order chi connectivity index (χ1) is 7.82. The highest BCUT2D eigenvalue weighted by molar-refractivity contribution is 7.58. The van der Waals surface area contributed by atoms with Crippen molar-refractivity contribution in [2.45, 2.75) is 46.5 Å². The van der Waals surface area contributed by atoms with Gasteiger partial charge in [0.05, 0.1) is 5.92 Å². The molecule has 0 aromatic carbocycles. The molecular weight excluding hydrogens is 239 g/mol. The number of hydrogen-bond acceptors (Lipinski definition) is 2. The van der Waals surface area contributed by atoms with Crippen molar-refractivity contribution in [3.05, 3.63) is 0 Å². The Balaban J connectivity index is 4.39. The van der Waals surface area contributed by atoms with Crippen molar-refractivity contribution in [1.29, 1.82) is 0 Å². The molecule has 0 spiro atoms. The lowest BCUT2D eigenvalue weighted by atomic mass is 10.1. The predicted octanol–water partition coefficient (Wildman–Crippen LogP) is 3.19. The molecule has 17 heavy (non-hydrogen) atoms. The Morgan fingerprint density at radius 2 is 1.71 bits per heavy atom. The number of carboxylic acid groups (broad SMARTS) is 1. The van der Waals surface area contributed by atoms with Gasteiger partial charge in [0, 0.05) is 12.3 Å². The van der Waals surface area contributed by atoms with Crippen LogP contribution >= 0.6 is 7.37 Å². The van der Waals surface area contributed by atoms with Crippen LogP contribution < -0.4 is 0 Å². The average Bonchev–Trinajstić information content (AvgIpc) is 2.15. The lowest BCUT2D eigenvalue weighted by Gasteiger charge is -2.19. The molecule has 0 aromatic rings. The van der Waals surface area contributed by atoms with Gasteiger partial charge in [-0.3, -0.25) is 9.36 Å². The second kappa shape index (κ2) is 7.88. The normalized spacial score (nSPS) is 18.4. The van der Waals surface area contributed by atoms with Crippen molar-refractivity contribution in [3.8, 4) is 0 Å². The molecule has 0 fully saturated rings. The highest BCUT2D eigenvalue weighted by atomic mass is 31.2. The molecule has 0 heterocycles. The molecule has 0 aliphatic carbocycles. The molecule has 0 saturated carbocycles. The first kappa shape index (κ1) is 16.7. The van der Waals surface area contributed by atoms with Gasteiger partial charge in [0.25, 0.3) is 0 Å². The molecule has 0 saturated heterocycles. The van der Waals surface area contributed by atoms with Gasteiger partial charge in [0.2, 0.25) is 7.37 Å². The summed E-state index contributed by atoms with van der Waals surface area (Å²) in [7, 11) is -3.30. The summed E-state index contributed by atoms with van der Waals surface area (Å²) < 4.78 is 12.0. The molecule has 3 unspecified atom stereocenters. The minimum atomic E-state index is -3.30. The molecule has 0 aliphatic rings. The van der Waals surface area contributed by atoms with E-state index >= 15 is 0 Å². The third-order valence-electron chi connectivity index (χ3n) is 2.87. The molecule has 0 aromatic heterocycles.